The summed E-state index contributed by atoms with van der Waals surface area (Å²) in [6, 6.07) is 3.79. The Kier molecular flexibility index (Phi) is 4.57. The van der Waals surface area contributed by atoms with Gasteiger partial charge in [0.15, 0.2) is 17.5 Å². The van der Waals surface area contributed by atoms with Crippen molar-refractivity contribution in [1.29, 1.82) is 0 Å². The summed E-state index contributed by atoms with van der Waals surface area (Å²) in [6.45, 7) is 0. The standard InChI is InChI=1S/C11H4Br3F3S/c12-8-3-5(11(14)18-8)9(13)4-1-6(15)10(17)7(16)2-4/h1-3,9H. The Balaban J connectivity index is 2.46. The average molecular weight is 465 g/mol. The summed E-state index contributed by atoms with van der Waals surface area (Å²) in [5.74, 6) is -3.84. The zero-order valence-corrected chi connectivity index (χ0v) is 14.1. The average Bonchev–Trinajstić information content (AvgIpc) is 2.63. The lowest BCUT2D eigenvalue weighted by Gasteiger charge is -2.10. The van der Waals surface area contributed by atoms with Crippen molar-refractivity contribution >= 4 is 59.1 Å². The molecule has 1 heterocycles. The first kappa shape index (κ1) is 14.6. The Morgan fingerprint density at radius 1 is 1.00 bits per heavy atom. The van der Waals surface area contributed by atoms with E-state index in [1.54, 1.807) is 0 Å². The molecule has 0 fully saturated rings. The number of rotatable bonds is 2. The summed E-state index contributed by atoms with van der Waals surface area (Å²) in [7, 11) is 0. The lowest BCUT2D eigenvalue weighted by molar-refractivity contribution is 0.445. The molecule has 0 aliphatic rings. The number of hydrogen-bond acceptors (Lipinski definition) is 1. The van der Waals surface area contributed by atoms with Crippen LogP contribution >= 0.6 is 59.1 Å². The molecule has 0 nitrogen and oxygen atoms in total. The first-order valence-corrected chi connectivity index (χ1v) is 7.95. The van der Waals surface area contributed by atoms with Crippen molar-refractivity contribution in [3.63, 3.8) is 0 Å². The van der Waals surface area contributed by atoms with E-state index in [2.05, 4.69) is 47.8 Å². The number of hydrogen-bond donors (Lipinski definition) is 0. The van der Waals surface area contributed by atoms with Crippen molar-refractivity contribution in [2.45, 2.75) is 4.83 Å². The number of thiophene rings is 1. The van der Waals surface area contributed by atoms with Crippen LogP contribution in [0, 0.1) is 17.5 Å². The molecule has 2 rings (SSSR count). The second-order valence-electron chi connectivity index (χ2n) is 3.44. The van der Waals surface area contributed by atoms with Gasteiger partial charge in [-0.3, -0.25) is 0 Å². The molecule has 0 spiro atoms. The van der Waals surface area contributed by atoms with Gasteiger partial charge in [-0.1, -0.05) is 15.9 Å². The van der Waals surface area contributed by atoms with Crippen molar-refractivity contribution in [3.05, 3.63) is 54.4 Å². The quantitative estimate of drug-likeness (QED) is 0.368. The fourth-order valence-corrected chi connectivity index (χ4v) is 5.41. The van der Waals surface area contributed by atoms with Crippen LogP contribution in [0.5, 0.6) is 0 Å². The van der Waals surface area contributed by atoms with Crippen molar-refractivity contribution in [1.82, 2.24) is 0 Å². The van der Waals surface area contributed by atoms with Gasteiger partial charge in [-0.25, -0.2) is 13.2 Å². The van der Waals surface area contributed by atoms with E-state index in [0.29, 0.717) is 5.56 Å². The maximum atomic E-state index is 13.2. The second kappa shape index (κ2) is 5.64. The van der Waals surface area contributed by atoms with E-state index in [0.717, 1.165) is 25.3 Å². The maximum Gasteiger partial charge on any atom is 0.194 e. The van der Waals surface area contributed by atoms with Gasteiger partial charge in [-0.05, 0) is 61.2 Å². The van der Waals surface area contributed by atoms with Crippen LogP contribution in [0.15, 0.2) is 25.8 Å². The molecule has 0 aliphatic heterocycles. The third-order valence-electron chi connectivity index (χ3n) is 2.25. The Morgan fingerprint density at radius 3 is 2.00 bits per heavy atom. The molecule has 0 amide bonds. The fraction of sp³-hybridized carbons (Fsp3) is 0.0909. The lowest BCUT2D eigenvalue weighted by atomic mass is 10.1. The summed E-state index contributed by atoms with van der Waals surface area (Å²) in [5, 5.41) is 0. The molecule has 1 atom stereocenters. The molecular weight excluding hydrogens is 461 g/mol. The minimum absolute atomic E-state index is 0.317. The van der Waals surface area contributed by atoms with E-state index in [4.69, 9.17) is 0 Å². The van der Waals surface area contributed by atoms with Gasteiger partial charge in [0.2, 0.25) is 0 Å². The predicted molar refractivity (Wildman–Crippen MR) is 76.8 cm³/mol. The molecule has 0 N–H and O–H groups in total. The van der Waals surface area contributed by atoms with E-state index < -0.39 is 22.3 Å². The molecular formula is C11H4Br3F3S. The Hall–Kier alpha value is 0.150. The monoisotopic (exact) mass is 462 g/mol. The highest BCUT2D eigenvalue weighted by atomic mass is 79.9. The highest BCUT2D eigenvalue weighted by Crippen LogP contribution is 2.42. The number of benzene rings is 1. The van der Waals surface area contributed by atoms with E-state index >= 15 is 0 Å². The largest absolute Gasteiger partial charge is 0.204 e. The summed E-state index contributed by atoms with van der Waals surface area (Å²) in [5.41, 5.74) is 1.13. The van der Waals surface area contributed by atoms with Crippen molar-refractivity contribution in [3.8, 4) is 0 Å². The lowest BCUT2D eigenvalue weighted by Crippen LogP contribution is -1.98. The predicted octanol–water partition coefficient (Wildman–Crippen LogP) is 6.17. The SMILES string of the molecule is Fc1cc(C(Br)c2cc(Br)sc2Br)cc(F)c1F. The van der Waals surface area contributed by atoms with Crippen LogP contribution in [-0.2, 0) is 0 Å². The van der Waals surface area contributed by atoms with Gasteiger partial charge in [0, 0.05) is 0 Å². The minimum atomic E-state index is -1.45. The van der Waals surface area contributed by atoms with Gasteiger partial charge in [0.25, 0.3) is 0 Å². The van der Waals surface area contributed by atoms with E-state index in [-0.39, 0.29) is 0 Å². The topological polar surface area (TPSA) is 0 Å². The molecule has 1 aromatic carbocycles. The zero-order chi connectivity index (χ0) is 13.4. The molecule has 0 saturated carbocycles. The smallest absolute Gasteiger partial charge is 0.194 e. The molecule has 18 heavy (non-hydrogen) atoms. The zero-order valence-electron chi connectivity index (χ0n) is 8.49. The van der Waals surface area contributed by atoms with Crippen LogP contribution in [0.3, 0.4) is 0 Å². The molecule has 2 aromatic rings. The van der Waals surface area contributed by atoms with Crippen molar-refractivity contribution < 1.29 is 13.2 Å². The third kappa shape index (κ3) is 2.84. The fourth-order valence-electron chi connectivity index (χ4n) is 1.43. The van der Waals surface area contributed by atoms with Crippen LogP contribution in [0.1, 0.15) is 16.0 Å². The van der Waals surface area contributed by atoms with Crippen LogP contribution in [0.4, 0.5) is 13.2 Å². The van der Waals surface area contributed by atoms with Gasteiger partial charge < -0.3 is 0 Å². The third-order valence-corrected chi connectivity index (χ3v) is 5.66. The van der Waals surface area contributed by atoms with Crippen molar-refractivity contribution in [2.75, 3.05) is 0 Å². The van der Waals surface area contributed by atoms with Crippen LogP contribution in [0.2, 0.25) is 0 Å². The van der Waals surface area contributed by atoms with Gasteiger partial charge in [0.1, 0.15) is 0 Å². The van der Waals surface area contributed by atoms with Gasteiger partial charge in [-0.15, -0.1) is 11.3 Å². The first-order chi connectivity index (χ1) is 8.40. The summed E-state index contributed by atoms with van der Waals surface area (Å²) in [4.78, 5) is -0.418. The van der Waals surface area contributed by atoms with Gasteiger partial charge in [-0.2, -0.15) is 0 Å². The molecule has 0 aliphatic carbocycles. The van der Waals surface area contributed by atoms with Crippen LogP contribution < -0.4 is 0 Å². The van der Waals surface area contributed by atoms with Crippen LogP contribution in [-0.4, -0.2) is 0 Å². The highest BCUT2D eigenvalue weighted by molar-refractivity contribution is 9.12. The number of halogens is 6. The maximum absolute atomic E-state index is 13.2. The van der Waals surface area contributed by atoms with Gasteiger partial charge >= 0.3 is 0 Å². The second-order valence-corrected chi connectivity index (χ2v) is 8.11. The molecule has 96 valence electrons. The molecule has 1 unspecified atom stereocenters. The molecule has 0 radical (unpaired) electrons. The van der Waals surface area contributed by atoms with E-state index in [1.165, 1.54) is 11.3 Å². The van der Waals surface area contributed by atoms with Crippen molar-refractivity contribution in [2.24, 2.45) is 0 Å². The summed E-state index contributed by atoms with van der Waals surface area (Å²) in [6.07, 6.45) is 0. The minimum Gasteiger partial charge on any atom is -0.204 e. The first-order valence-electron chi connectivity index (χ1n) is 4.63. The summed E-state index contributed by atoms with van der Waals surface area (Å²) < 4.78 is 40.9. The van der Waals surface area contributed by atoms with Gasteiger partial charge in [0.05, 0.1) is 12.4 Å². The molecule has 0 bridgehead atoms. The Labute approximate surface area is 131 Å². The number of alkyl halides is 1. The Morgan fingerprint density at radius 2 is 1.56 bits per heavy atom. The Bertz CT molecular complexity index is 574. The van der Waals surface area contributed by atoms with E-state index in [1.807, 2.05) is 6.07 Å². The molecule has 7 heteroatoms. The molecule has 1 aromatic heterocycles. The van der Waals surface area contributed by atoms with Crippen LogP contribution in [0.25, 0.3) is 0 Å². The normalized spacial score (nSPS) is 12.8. The highest BCUT2D eigenvalue weighted by Gasteiger charge is 2.20. The molecule has 0 saturated heterocycles. The summed E-state index contributed by atoms with van der Waals surface area (Å²) >= 11 is 11.5. The van der Waals surface area contributed by atoms with E-state index in [9.17, 15) is 13.2 Å².